The van der Waals surface area contributed by atoms with Gasteiger partial charge in [-0.3, -0.25) is 0 Å². The summed E-state index contributed by atoms with van der Waals surface area (Å²) in [6.45, 7) is 7.87. The van der Waals surface area contributed by atoms with Gasteiger partial charge in [0.25, 0.3) is 0 Å². The van der Waals surface area contributed by atoms with Crippen molar-refractivity contribution in [3.8, 4) is 0 Å². The number of halogens is 3. The van der Waals surface area contributed by atoms with Gasteiger partial charge in [0.05, 0.1) is 0 Å². The van der Waals surface area contributed by atoms with Gasteiger partial charge in [0.15, 0.2) is 0 Å². The fourth-order valence-electron chi connectivity index (χ4n) is 1.37. The lowest BCUT2D eigenvalue weighted by Crippen LogP contribution is -2.13. The van der Waals surface area contributed by atoms with Crippen LogP contribution in [0.2, 0.25) is 5.02 Å². The fraction of sp³-hybridized carbons (Fsp3) is 0.500. The van der Waals surface area contributed by atoms with Crippen molar-refractivity contribution in [2.24, 2.45) is 0 Å². The molecule has 1 rings (SSSR count). The van der Waals surface area contributed by atoms with Crippen LogP contribution in [0.3, 0.4) is 0 Å². The third kappa shape index (κ3) is 7.12. The van der Waals surface area contributed by atoms with Gasteiger partial charge in [-0.2, -0.15) is 0 Å². The molecule has 0 radical (unpaired) electrons. The summed E-state index contributed by atoms with van der Waals surface area (Å²) >= 11 is 6.18. The van der Waals surface area contributed by atoms with E-state index in [2.05, 4.69) is 36.6 Å². The van der Waals surface area contributed by atoms with E-state index < -0.39 is 0 Å². The highest BCUT2D eigenvalue weighted by Gasteiger charge is 2.00. The van der Waals surface area contributed by atoms with E-state index in [0.717, 1.165) is 31.2 Å². The summed E-state index contributed by atoms with van der Waals surface area (Å²) in [6, 6.07) is 6.26. The summed E-state index contributed by atoms with van der Waals surface area (Å²) < 4.78 is 0. The second-order valence-corrected chi connectivity index (χ2v) is 3.89. The Morgan fingerprint density at radius 1 is 1.00 bits per heavy atom. The molecule has 0 aliphatic carbocycles. The third-order valence-corrected chi connectivity index (χ3v) is 2.61. The zero-order valence-electron chi connectivity index (χ0n) is 10.3. The van der Waals surface area contributed by atoms with Gasteiger partial charge in [0.1, 0.15) is 0 Å². The molecule has 2 nitrogen and oxygen atoms in total. The zero-order chi connectivity index (χ0) is 11.1. The van der Waals surface area contributed by atoms with Crippen molar-refractivity contribution in [2.75, 3.05) is 13.1 Å². The maximum Gasteiger partial charge on any atom is 0.0454 e. The standard InChI is InChI=1S/C12H19ClN2.2ClH/c1-3-14-8-10-5-6-11(9-15-4-2)12(13)7-10;;/h5-7,14-15H,3-4,8-9H2,1-2H3;2*1H. The van der Waals surface area contributed by atoms with E-state index in [1.165, 1.54) is 11.1 Å². The summed E-state index contributed by atoms with van der Waals surface area (Å²) in [6.07, 6.45) is 0. The van der Waals surface area contributed by atoms with Crippen LogP contribution in [0.5, 0.6) is 0 Å². The normalized spacial score (nSPS) is 9.35. The molecule has 0 amide bonds. The predicted octanol–water partition coefficient (Wildman–Crippen LogP) is 3.40. The lowest BCUT2D eigenvalue weighted by atomic mass is 10.1. The van der Waals surface area contributed by atoms with Gasteiger partial charge in [-0.1, -0.05) is 37.6 Å². The quantitative estimate of drug-likeness (QED) is 0.841. The molecule has 2 N–H and O–H groups in total. The molecule has 1 aromatic rings. The largest absolute Gasteiger partial charge is 0.313 e. The molecule has 0 heterocycles. The summed E-state index contributed by atoms with van der Waals surface area (Å²) in [5, 5.41) is 7.40. The average Bonchev–Trinajstić information content (AvgIpc) is 2.25. The Balaban J connectivity index is 0. The SMILES string of the molecule is CCNCc1ccc(CNCC)c(Cl)c1.Cl.Cl. The Hall–Kier alpha value is 0.01000. The summed E-state index contributed by atoms with van der Waals surface area (Å²) in [5.74, 6) is 0. The molecule has 0 aliphatic heterocycles. The third-order valence-electron chi connectivity index (χ3n) is 2.26. The van der Waals surface area contributed by atoms with E-state index in [-0.39, 0.29) is 24.8 Å². The van der Waals surface area contributed by atoms with Gasteiger partial charge in [0, 0.05) is 18.1 Å². The lowest BCUT2D eigenvalue weighted by molar-refractivity contribution is 0.718. The first-order chi connectivity index (χ1) is 7.27. The van der Waals surface area contributed by atoms with E-state index in [1.807, 2.05) is 6.07 Å². The van der Waals surface area contributed by atoms with Gasteiger partial charge in [-0.15, -0.1) is 24.8 Å². The topological polar surface area (TPSA) is 24.1 Å². The monoisotopic (exact) mass is 298 g/mol. The predicted molar refractivity (Wildman–Crippen MR) is 80.7 cm³/mol. The Morgan fingerprint density at radius 3 is 2.12 bits per heavy atom. The first kappa shape index (κ1) is 19.4. The summed E-state index contributed by atoms with van der Waals surface area (Å²) in [4.78, 5) is 0. The van der Waals surface area contributed by atoms with Gasteiger partial charge in [0.2, 0.25) is 0 Å². The molecular weight excluding hydrogens is 279 g/mol. The molecule has 0 fully saturated rings. The van der Waals surface area contributed by atoms with Crippen molar-refractivity contribution in [3.05, 3.63) is 34.3 Å². The highest BCUT2D eigenvalue weighted by Crippen LogP contribution is 2.17. The number of rotatable bonds is 6. The van der Waals surface area contributed by atoms with Crippen molar-refractivity contribution in [3.63, 3.8) is 0 Å². The van der Waals surface area contributed by atoms with Crippen LogP contribution in [0.4, 0.5) is 0 Å². The van der Waals surface area contributed by atoms with Crippen LogP contribution < -0.4 is 10.6 Å². The van der Waals surface area contributed by atoms with Crippen LogP contribution in [0.15, 0.2) is 18.2 Å². The van der Waals surface area contributed by atoms with Crippen LogP contribution in [-0.2, 0) is 13.1 Å². The minimum atomic E-state index is 0. The number of benzene rings is 1. The first-order valence-electron chi connectivity index (χ1n) is 5.46. The average molecular weight is 300 g/mol. The number of hydrogen-bond acceptors (Lipinski definition) is 2. The Bertz CT molecular complexity index is 306. The second kappa shape index (κ2) is 11.1. The van der Waals surface area contributed by atoms with E-state index in [1.54, 1.807) is 0 Å². The maximum absolute atomic E-state index is 6.18. The minimum absolute atomic E-state index is 0. The van der Waals surface area contributed by atoms with Crippen LogP contribution in [0.1, 0.15) is 25.0 Å². The van der Waals surface area contributed by atoms with Gasteiger partial charge >= 0.3 is 0 Å². The van der Waals surface area contributed by atoms with Crippen molar-refractivity contribution < 1.29 is 0 Å². The van der Waals surface area contributed by atoms with E-state index in [4.69, 9.17) is 11.6 Å². The van der Waals surface area contributed by atoms with Crippen molar-refractivity contribution >= 4 is 36.4 Å². The molecule has 1 aromatic carbocycles. The van der Waals surface area contributed by atoms with Crippen LogP contribution in [0.25, 0.3) is 0 Å². The molecule has 0 unspecified atom stereocenters. The first-order valence-corrected chi connectivity index (χ1v) is 5.84. The molecule has 0 spiro atoms. The molecule has 0 atom stereocenters. The smallest absolute Gasteiger partial charge is 0.0454 e. The molecule has 0 bridgehead atoms. The molecule has 100 valence electrons. The Kier molecular flexibility index (Phi) is 12.7. The molecule has 17 heavy (non-hydrogen) atoms. The molecule has 0 saturated carbocycles. The highest BCUT2D eigenvalue weighted by molar-refractivity contribution is 6.31. The van der Waals surface area contributed by atoms with E-state index >= 15 is 0 Å². The van der Waals surface area contributed by atoms with Gasteiger partial charge in [-0.25, -0.2) is 0 Å². The highest BCUT2D eigenvalue weighted by atomic mass is 35.5. The van der Waals surface area contributed by atoms with Crippen molar-refractivity contribution in [1.29, 1.82) is 0 Å². The van der Waals surface area contributed by atoms with Gasteiger partial charge in [-0.05, 0) is 30.3 Å². The van der Waals surface area contributed by atoms with E-state index in [9.17, 15) is 0 Å². The van der Waals surface area contributed by atoms with Crippen LogP contribution in [-0.4, -0.2) is 13.1 Å². The minimum Gasteiger partial charge on any atom is -0.313 e. The number of hydrogen-bond donors (Lipinski definition) is 2. The summed E-state index contributed by atoms with van der Waals surface area (Å²) in [7, 11) is 0. The number of nitrogens with one attached hydrogen (secondary N) is 2. The maximum atomic E-state index is 6.18. The fourth-order valence-corrected chi connectivity index (χ4v) is 1.64. The van der Waals surface area contributed by atoms with Crippen molar-refractivity contribution in [2.45, 2.75) is 26.9 Å². The summed E-state index contributed by atoms with van der Waals surface area (Å²) in [5.41, 5.74) is 2.40. The van der Waals surface area contributed by atoms with Crippen LogP contribution in [0, 0.1) is 0 Å². The Labute approximate surface area is 121 Å². The molecule has 5 heteroatoms. The molecule has 0 aliphatic rings. The van der Waals surface area contributed by atoms with Crippen molar-refractivity contribution in [1.82, 2.24) is 10.6 Å². The van der Waals surface area contributed by atoms with Gasteiger partial charge < -0.3 is 10.6 Å². The van der Waals surface area contributed by atoms with E-state index in [0.29, 0.717) is 0 Å². The lowest BCUT2D eigenvalue weighted by Gasteiger charge is -2.07. The molecule has 0 saturated heterocycles. The zero-order valence-corrected chi connectivity index (χ0v) is 12.6. The molecular formula is C12H21Cl3N2. The van der Waals surface area contributed by atoms with Crippen LogP contribution >= 0.6 is 36.4 Å². The molecule has 0 aromatic heterocycles. The Morgan fingerprint density at radius 2 is 1.59 bits per heavy atom. The second-order valence-electron chi connectivity index (χ2n) is 3.49.